The summed E-state index contributed by atoms with van der Waals surface area (Å²) in [6, 6.07) is 13.0. The van der Waals surface area contributed by atoms with Crippen LogP contribution in [0.5, 0.6) is 0 Å². The largest absolute Gasteiger partial charge is 0.324 e. The second-order valence-electron chi connectivity index (χ2n) is 8.28. The first-order chi connectivity index (χ1) is 15.7. The van der Waals surface area contributed by atoms with Crippen LogP contribution in [0, 0.1) is 13.8 Å². The number of rotatable bonds is 5. The number of benzene rings is 2. The molecule has 6 nitrogen and oxygen atoms in total. The molecule has 1 atom stereocenters. The fourth-order valence-electron chi connectivity index (χ4n) is 3.95. The number of thioether (sulfide) groups is 1. The number of hydrogen-bond donors (Lipinski definition) is 1. The average molecular weight is 480 g/mol. The first kappa shape index (κ1) is 23.2. The van der Waals surface area contributed by atoms with Gasteiger partial charge in [0, 0.05) is 17.3 Å². The van der Waals surface area contributed by atoms with Crippen molar-refractivity contribution in [3.63, 3.8) is 0 Å². The number of fused-ring (bicyclic) bond motifs is 1. The molecule has 8 heteroatoms. The van der Waals surface area contributed by atoms with Crippen molar-refractivity contribution in [2.24, 2.45) is 0 Å². The number of nitrogens with one attached hydrogen (secondary N) is 1. The second kappa shape index (κ2) is 9.11. The molecular weight excluding hydrogens is 454 g/mol. The molecule has 0 unspecified atom stereocenters. The van der Waals surface area contributed by atoms with E-state index >= 15 is 0 Å². The predicted molar refractivity (Wildman–Crippen MR) is 137 cm³/mol. The first-order valence-electron chi connectivity index (χ1n) is 10.8. The van der Waals surface area contributed by atoms with Gasteiger partial charge in [0.25, 0.3) is 11.8 Å². The summed E-state index contributed by atoms with van der Waals surface area (Å²) in [5.74, 6) is -0.920. The number of nitrogens with zero attached hydrogens (tertiary/aromatic N) is 2. The maximum absolute atomic E-state index is 13.5. The van der Waals surface area contributed by atoms with E-state index in [0.29, 0.717) is 26.0 Å². The number of anilines is 2. The zero-order valence-corrected chi connectivity index (χ0v) is 20.6. The Kier molecular flexibility index (Phi) is 6.41. The van der Waals surface area contributed by atoms with Gasteiger partial charge in [0.2, 0.25) is 5.91 Å². The van der Waals surface area contributed by atoms with Crippen LogP contribution in [0.25, 0.3) is 5.57 Å². The van der Waals surface area contributed by atoms with Crippen molar-refractivity contribution in [2.75, 3.05) is 16.8 Å². The minimum atomic E-state index is -0.364. The highest BCUT2D eigenvalue weighted by atomic mass is 32.2. The van der Waals surface area contributed by atoms with Crippen molar-refractivity contribution >= 4 is 63.0 Å². The highest BCUT2D eigenvalue weighted by Crippen LogP contribution is 2.45. The molecule has 2 heterocycles. The Balaban J connectivity index is 1.66. The van der Waals surface area contributed by atoms with Crippen LogP contribution < -0.4 is 10.2 Å². The van der Waals surface area contributed by atoms with E-state index in [0.717, 1.165) is 35.0 Å². The van der Waals surface area contributed by atoms with Crippen LogP contribution in [-0.2, 0) is 14.4 Å². The van der Waals surface area contributed by atoms with Gasteiger partial charge in [0.05, 0.1) is 16.2 Å². The van der Waals surface area contributed by atoms with E-state index in [2.05, 4.69) is 5.32 Å². The van der Waals surface area contributed by atoms with Crippen LogP contribution in [0.1, 0.15) is 37.0 Å². The van der Waals surface area contributed by atoms with E-state index in [4.69, 9.17) is 12.2 Å². The van der Waals surface area contributed by atoms with Gasteiger partial charge in [-0.3, -0.25) is 24.2 Å². The summed E-state index contributed by atoms with van der Waals surface area (Å²) in [4.78, 5) is 43.0. The van der Waals surface area contributed by atoms with Gasteiger partial charge in [0.15, 0.2) is 0 Å². The van der Waals surface area contributed by atoms with Gasteiger partial charge in [-0.25, -0.2) is 0 Å². The molecule has 170 valence electrons. The first-order valence-corrected chi connectivity index (χ1v) is 12.0. The van der Waals surface area contributed by atoms with Gasteiger partial charge >= 0.3 is 0 Å². The Bertz CT molecular complexity index is 1220. The molecule has 2 aliphatic rings. The third-order valence-corrected chi connectivity index (χ3v) is 7.35. The minimum absolute atomic E-state index is 0.0539. The number of thiocarbonyl (C=S) groups is 1. The fraction of sp³-hybridized carbons (Fsp3) is 0.280. The van der Waals surface area contributed by atoms with Gasteiger partial charge in [-0.05, 0) is 50.5 Å². The molecule has 1 fully saturated rings. The van der Waals surface area contributed by atoms with Gasteiger partial charge < -0.3 is 5.32 Å². The van der Waals surface area contributed by atoms with Crippen LogP contribution in [0.2, 0.25) is 0 Å². The number of amides is 3. The standard InChI is InChI=1S/C25H25N3O3S2/c1-5-16(4)28-24(31)22(33-25(28)32)21-17-8-6-7-9-19(17)27(23(21)30)13-20(29)26-18-12-14(2)10-11-15(18)3/h6-12,16H,5,13H2,1-4H3,(H,26,29)/b22-21-/t16-/m0/s1. The SMILES string of the molecule is CC[C@H](C)N1C(=O)/C(=C2/C(=O)N(CC(=O)Nc3cc(C)ccc3C)c3ccccc32)SC1=S. The monoisotopic (exact) mass is 479 g/mol. The number of aryl methyl sites for hydroxylation is 2. The van der Waals surface area contributed by atoms with E-state index in [-0.39, 0.29) is 30.3 Å². The highest BCUT2D eigenvalue weighted by Gasteiger charge is 2.43. The summed E-state index contributed by atoms with van der Waals surface area (Å²) in [5.41, 5.74) is 4.26. The number of carbonyl (C=O) groups excluding carboxylic acids is 3. The lowest BCUT2D eigenvalue weighted by atomic mass is 10.1. The molecule has 0 saturated carbocycles. The normalized spacial score (nSPS) is 18.7. The van der Waals surface area contributed by atoms with Crippen molar-refractivity contribution in [2.45, 2.75) is 40.2 Å². The second-order valence-corrected chi connectivity index (χ2v) is 9.92. The molecule has 2 aromatic carbocycles. The Hall–Kier alpha value is -2.97. The van der Waals surface area contributed by atoms with Gasteiger partial charge in [-0.15, -0.1) is 0 Å². The maximum Gasteiger partial charge on any atom is 0.267 e. The van der Waals surface area contributed by atoms with Gasteiger partial charge in [-0.2, -0.15) is 0 Å². The van der Waals surface area contributed by atoms with E-state index in [1.807, 2.05) is 58.0 Å². The van der Waals surface area contributed by atoms with Crippen LogP contribution in [0.4, 0.5) is 11.4 Å². The molecule has 0 bridgehead atoms. The Morgan fingerprint density at radius 1 is 1.12 bits per heavy atom. The lowest BCUT2D eigenvalue weighted by Crippen LogP contribution is -2.37. The summed E-state index contributed by atoms with van der Waals surface area (Å²) >= 11 is 6.61. The summed E-state index contributed by atoms with van der Waals surface area (Å²) in [6.07, 6.45) is 0.754. The number of para-hydroxylation sites is 1. The van der Waals surface area contributed by atoms with Crippen molar-refractivity contribution in [1.82, 2.24) is 4.90 Å². The van der Waals surface area contributed by atoms with Gasteiger partial charge in [-0.1, -0.05) is 61.2 Å². The molecule has 0 aromatic heterocycles. The average Bonchev–Trinajstić information content (AvgIpc) is 3.22. The molecule has 1 N–H and O–H groups in total. The predicted octanol–water partition coefficient (Wildman–Crippen LogP) is 4.66. The summed E-state index contributed by atoms with van der Waals surface area (Å²) in [5, 5.41) is 2.91. The lowest BCUT2D eigenvalue weighted by molar-refractivity contribution is -0.123. The third kappa shape index (κ3) is 4.20. The van der Waals surface area contributed by atoms with E-state index in [9.17, 15) is 14.4 Å². The van der Waals surface area contributed by atoms with E-state index in [1.54, 1.807) is 17.0 Å². The van der Waals surface area contributed by atoms with Crippen LogP contribution >= 0.6 is 24.0 Å². The van der Waals surface area contributed by atoms with Crippen molar-refractivity contribution in [1.29, 1.82) is 0 Å². The zero-order valence-electron chi connectivity index (χ0n) is 19.0. The fourth-order valence-corrected chi connectivity index (χ4v) is 5.49. The quantitative estimate of drug-likeness (QED) is 0.499. The molecule has 1 saturated heterocycles. The molecule has 4 rings (SSSR count). The summed E-state index contributed by atoms with van der Waals surface area (Å²) in [6.45, 7) is 7.65. The summed E-state index contributed by atoms with van der Waals surface area (Å²) in [7, 11) is 0. The lowest BCUT2D eigenvalue weighted by Gasteiger charge is -2.21. The van der Waals surface area contributed by atoms with E-state index in [1.165, 1.54) is 4.90 Å². The maximum atomic E-state index is 13.5. The number of carbonyl (C=O) groups is 3. The van der Waals surface area contributed by atoms with Crippen molar-refractivity contribution in [3.8, 4) is 0 Å². The molecule has 2 aliphatic heterocycles. The van der Waals surface area contributed by atoms with Crippen molar-refractivity contribution < 1.29 is 14.4 Å². The molecule has 2 aromatic rings. The smallest absolute Gasteiger partial charge is 0.267 e. The molecule has 0 radical (unpaired) electrons. The zero-order chi connectivity index (χ0) is 23.9. The Morgan fingerprint density at radius 2 is 1.85 bits per heavy atom. The van der Waals surface area contributed by atoms with Crippen molar-refractivity contribution in [3.05, 3.63) is 64.1 Å². The number of hydrogen-bond acceptors (Lipinski definition) is 5. The van der Waals surface area contributed by atoms with Crippen LogP contribution in [0.3, 0.4) is 0 Å². The molecular formula is C25H25N3O3S2. The molecule has 0 aliphatic carbocycles. The van der Waals surface area contributed by atoms with Crippen LogP contribution in [0.15, 0.2) is 47.4 Å². The molecule has 0 spiro atoms. The molecule has 3 amide bonds. The third-order valence-electron chi connectivity index (χ3n) is 5.95. The van der Waals surface area contributed by atoms with Crippen LogP contribution in [-0.4, -0.2) is 39.5 Å². The topological polar surface area (TPSA) is 69.7 Å². The Labute approximate surface area is 203 Å². The molecule has 33 heavy (non-hydrogen) atoms. The van der Waals surface area contributed by atoms with E-state index < -0.39 is 0 Å². The summed E-state index contributed by atoms with van der Waals surface area (Å²) < 4.78 is 0.452. The minimum Gasteiger partial charge on any atom is -0.324 e. The highest BCUT2D eigenvalue weighted by molar-refractivity contribution is 8.26. The van der Waals surface area contributed by atoms with Gasteiger partial charge in [0.1, 0.15) is 10.9 Å². The Morgan fingerprint density at radius 3 is 2.58 bits per heavy atom.